The first-order chi connectivity index (χ1) is 8.22. The fraction of sp³-hybridized carbons (Fsp3) is 0.467. The highest BCUT2D eigenvalue weighted by Gasteiger charge is 2.19. The maximum absolute atomic E-state index is 5.98. The molecule has 0 bridgehead atoms. The Balaban J connectivity index is 2.23. The molecular formula is C15H22OSi. The second kappa shape index (κ2) is 5.65. The van der Waals surface area contributed by atoms with Crippen molar-refractivity contribution in [2.24, 2.45) is 0 Å². The smallest absolute Gasteiger partial charge is 0.181 e. The summed E-state index contributed by atoms with van der Waals surface area (Å²) in [6.45, 7) is 9.34. The van der Waals surface area contributed by atoms with E-state index in [0.717, 1.165) is 6.61 Å². The normalized spacial score (nSPS) is 20.2. The molecule has 0 saturated carbocycles. The minimum Gasteiger partial charge on any atom is -0.420 e. The number of hydrogen-bond donors (Lipinski definition) is 0. The third-order valence-electron chi connectivity index (χ3n) is 3.83. The van der Waals surface area contributed by atoms with Gasteiger partial charge in [-0.2, -0.15) is 0 Å². The van der Waals surface area contributed by atoms with Crippen molar-refractivity contribution in [2.45, 2.75) is 38.8 Å². The van der Waals surface area contributed by atoms with Crippen LogP contribution in [0.3, 0.4) is 0 Å². The topological polar surface area (TPSA) is 9.23 Å². The summed E-state index contributed by atoms with van der Waals surface area (Å²) < 4.78 is 5.98. The van der Waals surface area contributed by atoms with Crippen LogP contribution >= 0.6 is 0 Å². The van der Waals surface area contributed by atoms with Crippen molar-refractivity contribution in [1.29, 1.82) is 0 Å². The largest absolute Gasteiger partial charge is 0.420 e. The summed E-state index contributed by atoms with van der Waals surface area (Å²) in [6, 6.07) is 6.90. The lowest BCUT2D eigenvalue weighted by Gasteiger charge is -2.23. The molecule has 2 rings (SSSR count). The summed E-state index contributed by atoms with van der Waals surface area (Å²) in [4.78, 5) is 0. The Morgan fingerprint density at radius 2 is 2.18 bits per heavy atom. The molecule has 1 nitrogen and oxygen atoms in total. The van der Waals surface area contributed by atoms with E-state index in [1.807, 2.05) is 6.08 Å². The highest BCUT2D eigenvalue weighted by molar-refractivity contribution is 6.51. The zero-order valence-corrected chi connectivity index (χ0v) is 12.1. The van der Waals surface area contributed by atoms with Crippen LogP contribution in [-0.4, -0.2) is 15.6 Å². The fourth-order valence-corrected chi connectivity index (χ4v) is 5.28. The molecule has 92 valence electrons. The molecule has 0 spiro atoms. The van der Waals surface area contributed by atoms with Gasteiger partial charge in [0.15, 0.2) is 9.04 Å². The molecule has 1 aliphatic heterocycles. The van der Waals surface area contributed by atoms with Crippen LogP contribution in [0.1, 0.15) is 35.1 Å². The Labute approximate surface area is 106 Å². The van der Waals surface area contributed by atoms with Crippen molar-refractivity contribution >= 4 is 15.1 Å². The van der Waals surface area contributed by atoms with E-state index in [4.69, 9.17) is 4.43 Å². The van der Waals surface area contributed by atoms with E-state index in [0.29, 0.717) is 0 Å². The molecule has 0 amide bonds. The molecule has 1 aliphatic rings. The van der Waals surface area contributed by atoms with Gasteiger partial charge < -0.3 is 4.43 Å². The highest BCUT2D eigenvalue weighted by Crippen LogP contribution is 2.23. The molecule has 1 aromatic carbocycles. The van der Waals surface area contributed by atoms with Crippen LogP contribution < -0.4 is 0 Å². The SMILES string of the molecule is C=Cc1ccc(C)c(C)c1C[SiH]1CCCCO1. The lowest BCUT2D eigenvalue weighted by atomic mass is 9.99. The van der Waals surface area contributed by atoms with Crippen molar-refractivity contribution < 1.29 is 4.43 Å². The Kier molecular flexibility index (Phi) is 4.19. The summed E-state index contributed by atoms with van der Waals surface area (Å²) >= 11 is 0. The van der Waals surface area contributed by atoms with E-state index < -0.39 is 9.04 Å². The van der Waals surface area contributed by atoms with E-state index in [1.54, 1.807) is 0 Å². The van der Waals surface area contributed by atoms with E-state index in [2.05, 4.69) is 32.6 Å². The van der Waals surface area contributed by atoms with Crippen LogP contribution in [0.25, 0.3) is 6.08 Å². The number of aryl methyl sites for hydroxylation is 1. The van der Waals surface area contributed by atoms with Gasteiger partial charge in [0.2, 0.25) is 0 Å². The van der Waals surface area contributed by atoms with Gasteiger partial charge in [0.1, 0.15) is 0 Å². The predicted octanol–water partition coefficient (Wildman–Crippen LogP) is 3.56. The second-order valence-corrected chi connectivity index (χ2v) is 7.54. The van der Waals surface area contributed by atoms with Gasteiger partial charge in [0, 0.05) is 6.61 Å². The molecule has 2 heteroatoms. The Hall–Kier alpha value is -0.863. The van der Waals surface area contributed by atoms with Crippen molar-refractivity contribution in [3.05, 3.63) is 41.0 Å². The van der Waals surface area contributed by atoms with E-state index in [1.165, 1.54) is 47.2 Å². The molecule has 0 N–H and O–H groups in total. The number of benzene rings is 1. The summed E-state index contributed by atoms with van der Waals surface area (Å²) in [6.07, 6.45) is 4.61. The monoisotopic (exact) mass is 246 g/mol. The maximum atomic E-state index is 5.98. The molecule has 1 atom stereocenters. The van der Waals surface area contributed by atoms with Crippen molar-refractivity contribution in [2.75, 3.05) is 6.61 Å². The molecular weight excluding hydrogens is 224 g/mol. The minimum atomic E-state index is -0.991. The molecule has 1 heterocycles. The van der Waals surface area contributed by atoms with Gasteiger partial charge in [0.05, 0.1) is 0 Å². The molecule has 1 aromatic rings. The predicted molar refractivity (Wildman–Crippen MR) is 76.9 cm³/mol. The fourth-order valence-electron chi connectivity index (χ4n) is 2.55. The first-order valence-electron chi connectivity index (χ1n) is 6.55. The van der Waals surface area contributed by atoms with Crippen LogP contribution in [0, 0.1) is 13.8 Å². The summed E-state index contributed by atoms with van der Waals surface area (Å²) in [5, 5.41) is 0. The standard InChI is InChI=1S/C15H22OSi/c1-4-14-8-7-12(2)13(3)15(14)11-17-10-6-5-9-16-17/h4,7-8,17H,1,5-6,9-11H2,2-3H3. The van der Waals surface area contributed by atoms with E-state index in [9.17, 15) is 0 Å². The lowest BCUT2D eigenvalue weighted by molar-refractivity contribution is 0.286. The molecule has 1 unspecified atom stereocenters. The molecule has 0 aromatic heterocycles. The molecule has 1 fully saturated rings. The van der Waals surface area contributed by atoms with Crippen LogP contribution in [-0.2, 0) is 10.5 Å². The Bertz CT molecular complexity index is 406. The molecule has 0 radical (unpaired) electrons. The van der Waals surface area contributed by atoms with Crippen molar-refractivity contribution in [1.82, 2.24) is 0 Å². The van der Waals surface area contributed by atoms with E-state index in [-0.39, 0.29) is 0 Å². The van der Waals surface area contributed by atoms with Crippen LogP contribution in [0.4, 0.5) is 0 Å². The zero-order chi connectivity index (χ0) is 12.3. The van der Waals surface area contributed by atoms with Crippen LogP contribution in [0.2, 0.25) is 6.04 Å². The van der Waals surface area contributed by atoms with Gasteiger partial charge in [-0.3, -0.25) is 0 Å². The average Bonchev–Trinajstić information content (AvgIpc) is 2.37. The molecule has 1 saturated heterocycles. The summed E-state index contributed by atoms with van der Waals surface area (Å²) in [7, 11) is -0.991. The summed E-state index contributed by atoms with van der Waals surface area (Å²) in [5.74, 6) is 0. The third kappa shape index (κ3) is 2.88. The van der Waals surface area contributed by atoms with Gasteiger partial charge >= 0.3 is 0 Å². The van der Waals surface area contributed by atoms with Gasteiger partial charge in [-0.15, -0.1) is 0 Å². The van der Waals surface area contributed by atoms with Crippen molar-refractivity contribution in [3.63, 3.8) is 0 Å². The van der Waals surface area contributed by atoms with Gasteiger partial charge in [-0.25, -0.2) is 0 Å². The number of hydrogen-bond acceptors (Lipinski definition) is 1. The number of rotatable bonds is 3. The van der Waals surface area contributed by atoms with Crippen LogP contribution in [0.5, 0.6) is 0 Å². The first kappa shape index (κ1) is 12.6. The average molecular weight is 246 g/mol. The van der Waals surface area contributed by atoms with Gasteiger partial charge in [-0.05, 0) is 54.6 Å². The second-order valence-electron chi connectivity index (χ2n) is 4.97. The zero-order valence-electron chi connectivity index (χ0n) is 11.0. The Morgan fingerprint density at radius 3 is 2.82 bits per heavy atom. The maximum Gasteiger partial charge on any atom is 0.181 e. The van der Waals surface area contributed by atoms with E-state index >= 15 is 0 Å². The van der Waals surface area contributed by atoms with Crippen molar-refractivity contribution in [3.8, 4) is 0 Å². The molecule has 0 aliphatic carbocycles. The summed E-state index contributed by atoms with van der Waals surface area (Å²) in [5.41, 5.74) is 5.60. The van der Waals surface area contributed by atoms with Gasteiger partial charge in [0.25, 0.3) is 0 Å². The van der Waals surface area contributed by atoms with Crippen LogP contribution in [0.15, 0.2) is 18.7 Å². The quantitative estimate of drug-likeness (QED) is 0.741. The lowest BCUT2D eigenvalue weighted by Crippen LogP contribution is -2.27. The minimum absolute atomic E-state index is 0.991. The van der Waals surface area contributed by atoms with Gasteiger partial charge in [-0.1, -0.05) is 31.2 Å². The highest BCUT2D eigenvalue weighted by atomic mass is 28.3. The molecule has 17 heavy (non-hydrogen) atoms. The Morgan fingerprint density at radius 1 is 1.35 bits per heavy atom. The third-order valence-corrected chi connectivity index (χ3v) is 6.45. The first-order valence-corrected chi connectivity index (χ1v) is 8.66.